The highest BCUT2D eigenvalue weighted by atomic mass is 16.4. The van der Waals surface area contributed by atoms with Crippen molar-refractivity contribution in [3.63, 3.8) is 0 Å². The first kappa shape index (κ1) is 21.8. The molecule has 30 heavy (non-hydrogen) atoms. The SMILES string of the molecule is CC(C)[C@H](NC(=O)CCCCCN1C(=O)[C@H]2Cc3ccccc3CN2C1=O)C(=O)O. The average Bonchev–Trinajstić information content (AvgIpc) is 2.93. The van der Waals surface area contributed by atoms with Crippen LogP contribution >= 0.6 is 0 Å². The van der Waals surface area contributed by atoms with Gasteiger partial charge < -0.3 is 15.3 Å². The lowest BCUT2D eigenvalue weighted by molar-refractivity contribution is -0.143. The van der Waals surface area contributed by atoms with Gasteiger partial charge in [0.25, 0.3) is 5.91 Å². The quantitative estimate of drug-likeness (QED) is 0.475. The number of carboxylic acids is 1. The van der Waals surface area contributed by atoms with Gasteiger partial charge in [-0.3, -0.25) is 14.5 Å². The molecular weight excluding hydrogens is 386 g/mol. The molecule has 8 nitrogen and oxygen atoms in total. The van der Waals surface area contributed by atoms with E-state index in [9.17, 15) is 19.2 Å². The van der Waals surface area contributed by atoms with Crippen LogP contribution < -0.4 is 5.32 Å². The van der Waals surface area contributed by atoms with E-state index in [1.54, 1.807) is 18.7 Å². The Labute approximate surface area is 176 Å². The van der Waals surface area contributed by atoms with Gasteiger partial charge in [-0.25, -0.2) is 9.59 Å². The summed E-state index contributed by atoms with van der Waals surface area (Å²) in [6.45, 7) is 4.29. The summed E-state index contributed by atoms with van der Waals surface area (Å²) < 4.78 is 0. The Morgan fingerprint density at radius 1 is 1.13 bits per heavy atom. The van der Waals surface area contributed by atoms with Crippen LogP contribution in [0.3, 0.4) is 0 Å². The van der Waals surface area contributed by atoms with Gasteiger partial charge in [0.2, 0.25) is 5.91 Å². The molecule has 0 bridgehead atoms. The first-order valence-corrected chi connectivity index (χ1v) is 10.5. The number of urea groups is 1. The minimum absolute atomic E-state index is 0.145. The lowest BCUT2D eigenvalue weighted by Gasteiger charge is -2.28. The van der Waals surface area contributed by atoms with E-state index in [1.807, 2.05) is 24.3 Å². The number of unbranched alkanes of at least 4 members (excludes halogenated alkanes) is 2. The third-order valence-electron chi connectivity index (χ3n) is 5.81. The molecule has 0 radical (unpaired) electrons. The van der Waals surface area contributed by atoms with Crippen molar-refractivity contribution in [2.45, 2.75) is 64.6 Å². The summed E-state index contributed by atoms with van der Waals surface area (Å²) in [5.41, 5.74) is 2.21. The minimum atomic E-state index is -1.04. The van der Waals surface area contributed by atoms with Crippen molar-refractivity contribution in [2.75, 3.05) is 6.54 Å². The number of carbonyl (C=O) groups is 4. The predicted molar refractivity (Wildman–Crippen MR) is 109 cm³/mol. The van der Waals surface area contributed by atoms with Crippen LogP contribution in [0.25, 0.3) is 0 Å². The summed E-state index contributed by atoms with van der Waals surface area (Å²) in [6, 6.07) is 6.34. The van der Waals surface area contributed by atoms with E-state index >= 15 is 0 Å². The molecule has 2 N–H and O–H groups in total. The molecule has 2 atom stereocenters. The minimum Gasteiger partial charge on any atom is -0.480 e. The number of hydrogen-bond donors (Lipinski definition) is 2. The monoisotopic (exact) mass is 415 g/mol. The van der Waals surface area contributed by atoms with E-state index in [2.05, 4.69) is 5.32 Å². The standard InChI is InChI=1S/C22H29N3O5/c1-14(2)19(21(28)29)23-18(26)10-4-3-7-11-24-20(27)17-12-15-8-5-6-9-16(15)13-25(17)22(24)30/h5-6,8-9,14,17,19H,3-4,7,10-13H2,1-2H3,(H,23,26)(H,28,29)/t17-,19+/m1/s1. The molecule has 4 amide bonds. The van der Waals surface area contributed by atoms with Crippen molar-refractivity contribution in [2.24, 2.45) is 5.92 Å². The zero-order chi connectivity index (χ0) is 21.8. The second kappa shape index (κ2) is 9.28. The molecule has 0 aromatic heterocycles. The molecule has 1 fully saturated rings. The lowest BCUT2D eigenvalue weighted by Crippen LogP contribution is -2.44. The van der Waals surface area contributed by atoms with Gasteiger partial charge >= 0.3 is 12.0 Å². The van der Waals surface area contributed by atoms with Gasteiger partial charge in [0, 0.05) is 25.9 Å². The van der Waals surface area contributed by atoms with Crippen LogP contribution in [0.5, 0.6) is 0 Å². The number of carbonyl (C=O) groups excluding carboxylic acids is 3. The van der Waals surface area contributed by atoms with E-state index in [1.165, 1.54) is 4.90 Å². The number of aliphatic carboxylic acids is 1. The van der Waals surface area contributed by atoms with Gasteiger partial charge in [-0.1, -0.05) is 44.5 Å². The number of nitrogens with zero attached hydrogens (tertiary/aromatic N) is 2. The summed E-state index contributed by atoms with van der Waals surface area (Å²) >= 11 is 0. The maximum Gasteiger partial charge on any atom is 0.327 e. The van der Waals surface area contributed by atoms with Gasteiger partial charge in [-0.15, -0.1) is 0 Å². The molecule has 0 aliphatic carbocycles. The van der Waals surface area contributed by atoms with Crippen LogP contribution in [0.1, 0.15) is 50.7 Å². The van der Waals surface area contributed by atoms with Crippen molar-refractivity contribution in [3.8, 4) is 0 Å². The number of imide groups is 1. The zero-order valence-corrected chi connectivity index (χ0v) is 17.5. The first-order chi connectivity index (χ1) is 14.3. The van der Waals surface area contributed by atoms with E-state index in [-0.39, 0.29) is 30.2 Å². The Balaban J connectivity index is 1.43. The van der Waals surface area contributed by atoms with Crippen LogP contribution in [0.15, 0.2) is 24.3 Å². The summed E-state index contributed by atoms with van der Waals surface area (Å²) in [5.74, 6) is -1.67. The number of rotatable bonds is 9. The molecule has 3 rings (SSSR count). The fraction of sp³-hybridized carbons (Fsp3) is 0.545. The van der Waals surface area contributed by atoms with Crippen LogP contribution in [-0.2, 0) is 27.3 Å². The Morgan fingerprint density at radius 3 is 2.50 bits per heavy atom. The fourth-order valence-corrected chi connectivity index (χ4v) is 4.07. The third-order valence-corrected chi connectivity index (χ3v) is 5.81. The van der Waals surface area contributed by atoms with Gasteiger partial charge in [-0.2, -0.15) is 0 Å². The number of hydrogen-bond acceptors (Lipinski definition) is 4. The largest absolute Gasteiger partial charge is 0.480 e. The lowest BCUT2D eigenvalue weighted by atomic mass is 9.95. The molecular formula is C22H29N3O5. The molecule has 1 aromatic carbocycles. The van der Waals surface area contributed by atoms with E-state index in [4.69, 9.17) is 5.11 Å². The smallest absolute Gasteiger partial charge is 0.327 e. The number of carboxylic acid groups (broad SMARTS) is 1. The Hall–Kier alpha value is -2.90. The first-order valence-electron chi connectivity index (χ1n) is 10.5. The highest BCUT2D eigenvalue weighted by Crippen LogP contribution is 2.30. The van der Waals surface area contributed by atoms with Gasteiger partial charge in [-0.05, 0) is 29.9 Å². The van der Waals surface area contributed by atoms with Crippen molar-refractivity contribution < 1.29 is 24.3 Å². The number of benzene rings is 1. The summed E-state index contributed by atoms with van der Waals surface area (Å²) in [5, 5.41) is 11.7. The Morgan fingerprint density at radius 2 is 1.83 bits per heavy atom. The van der Waals surface area contributed by atoms with Crippen molar-refractivity contribution in [1.29, 1.82) is 0 Å². The van der Waals surface area contributed by atoms with E-state index in [0.29, 0.717) is 38.8 Å². The molecule has 8 heteroatoms. The molecule has 162 valence electrons. The second-order valence-electron chi connectivity index (χ2n) is 8.33. The highest BCUT2D eigenvalue weighted by molar-refractivity contribution is 6.04. The fourth-order valence-electron chi connectivity index (χ4n) is 4.07. The predicted octanol–water partition coefficient (Wildman–Crippen LogP) is 2.16. The van der Waals surface area contributed by atoms with Crippen molar-refractivity contribution >= 4 is 23.8 Å². The topological polar surface area (TPSA) is 107 Å². The maximum atomic E-state index is 12.7. The molecule has 0 unspecified atom stereocenters. The van der Waals surface area contributed by atoms with Crippen molar-refractivity contribution in [1.82, 2.24) is 15.1 Å². The average molecular weight is 415 g/mol. The van der Waals surface area contributed by atoms with Crippen LogP contribution in [-0.4, -0.2) is 57.3 Å². The summed E-state index contributed by atoms with van der Waals surface area (Å²) in [7, 11) is 0. The molecule has 0 saturated carbocycles. The maximum absolute atomic E-state index is 12.7. The second-order valence-corrected chi connectivity index (χ2v) is 8.33. The molecule has 2 aliphatic heterocycles. The molecule has 2 heterocycles. The van der Waals surface area contributed by atoms with Crippen LogP contribution in [0.2, 0.25) is 0 Å². The van der Waals surface area contributed by atoms with Gasteiger partial charge in [0.05, 0.1) is 0 Å². The number of nitrogens with one attached hydrogen (secondary N) is 1. The van der Waals surface area contributed by atoms with Gasteiger partial charge in [0.15, 0.2) is 0 Å². The van der Waals surface area contributed by atoms with Gasteiger partial charge in [0.1, 0.15) is 12.1 Å². The zero-order valence-electron chi connectivity index (χ0n) is 17.5. The highest BCUT2D eigenvalue weighted by Gasteiger charge is 2.46. The Kier molecular flexibility index (Phi) is 6.74. The van der Waals surface area contributed by atoms with Crippen LogP contribution in [0, 0.1) is 5.92 Å². The van der Waals surface area contributed by atoms with E-state index < -0.39 is 18.1 Å². The summed E-state index contributed by atoms with van der Waals surface area (Å²) in [6.07, 6.45) is 2.64. The molecule has 1 aromatic rings. The summed E-state index contributed by atoms with van der Waals surface area (Å²) in [4.78, 5) is 51.5. The molecule has 2 aliphatic rings. The molecule has 1 saturated heterocycles. The Bertz CT molecular complexity index is 795. The third kappa shape index (κ3) is 4.63. The number of amides is 4. The van der Waals surface area contributed by atoms with E-state index in [0.717, 1.165) is 11.1 Å². The number of fused-ring (bicyclic) bond motifs is 2. The van der Waals surface area contributed by atoms with Crippen molar-refractivity contribution in [3.05, 3.63) is 35.4 Å². The molecule has 0 spiro atoms. The normalized spacial score (nSPS) is 19.0. The van der Waals surface area contributed by atoms with Crippen LogP contribution in [0.4, 0.5) is 4.79 Å².